The van der Waals surface area contributed by atoms with Gasteiger partial charge in [0.2, 0.25) is 5.91 Å². The van der Waals surface area contributed by atoms with Crippen molar-refractivity contribution in [3.05, 3.63) is 34.9 Å². The number of benzene rings is 1. The minimum atomic E-state index is -0.512. The molecule has 1 aliphatic rings. The first-order chi connectivity index (χ1) is 11.4. The fraction of sp³-hybridized carbons (Fsp3) is 0.556. The Kier molecular flexibility index (Phi) is 6.63. The summed E-state index contributed by atoms with van der Waals surface area (Å²) in [5, 5.41) is 6.63. The molecule has 1 aromatic carbocycles. The van der Waals surface area contributed by atoms with Crippen molar-refractivity contribution in [2.24, 2.45) is 11.8 Å². The van der Waals surface area contributed by atoms with E-state index >= 15 is 0 Å². The summed E-state index contributed by atoms with van der Waals surface area (Å²) in [6.45, 7) is 6.32. The summed E-state index contributed by atoms with van der Waals surface area (Å²) in [5.74, 6) is 0.270. The predicted molar refractivity (Wildman–Crippen MR) is 96.2 cm³/mol. The van der Waals surface area contributed by atoms with Crippen LogP contribution in [0.4, 0.5) is 0 Å². The Morgan fingerprint density at radius 3 is 2.54 bits per heavy atom. The van der Waals surface area contributed by atoms with E-state index in [-0.39, 0.29) is 17.7 Å². The number of nitrogens with zero attached hydrogens (tertiary/aromatic N) is 1. The summed E-state index contributed by atoms with van der Waals surface area (Å²) >= 11 is 5.85. The fourth-order valence-corrected chi connectivity index (χ4v) is 3.15. The first-order valence-electron chi connectivity index (χ1n) is 8.42. The molecule has 2 amide bonds. The largest absolute Gasteiger partial charge is 0.341 e. The lowest BCUT2D eigenvalue weighted by atomic mass is 10.0. The summed E-state index contributed by atoms with van der Waals surface area (Å²) in [6, 6.07) is 6.16. The van der Waals surface area contributed by atoms with Crippen molar-refractivity contribution in [2.45, 2.75) is 26.3 Å². The smallest absolute Gasteiger partial charge is 0.251 e. The number of amides is 2. The molecule has 132 valence electrons. The lowest BCUT2D eigenvalue weighted by Crippen LogP contribution is -2.50. The van der Waals surface area contributed by atoms with Gasteiger partial charge in [0, 0.05) is 23.7 Å². The van der Waals surface area contributed by atoms with Crippen LogP contribution < -0.4 is 10.6 Å². The maximum Gasteiger partial charge on any atom is 0.251 e. The zero-order chi connectivity index (χ0) is 17.7. The van der Waals surface area contributed by atoms with Gasteiger partial charge in [-0.15, -0.1) is 0 Å². The molecule has 5 nitrogen and oxygen atoms in total. The van der Waals surface area contributed by atoms with E-state index in [0.29, 0.717) is 16.5 Å². The van der Waals surface area contributed by atoms with Gasteiger partial charge in [-0.2, -0.15) is 0 Å². The zero-order valence-electron chi connectivity index (χ0n) is 14.5. The van der Waals surface area contributed by atoms with E-state index in [0.717, 1.165) is 26.1 Å². The summed E-state index contributed by atoms with van der Waals surface area (Å²) in [7, 11) is 1.92. The van der Waals surface area contributed by atoms with Crippen LogP contribution in [0.5, 0.6) is 0 Å². The third-order valence-electron chi connectivity index (χ3n) is 4.42. The Morgan fingerprint density at radius 1 is 1.29 bits per heavy atom. The molecular weight excluding hydrogens is 326 g/mol. The van der Waals surface area contributed by atoms with Crippen molar-refractivity contribution >= 4 is 23.4 Å². The van der Waals surface area contributed by atoms with Crippen molar-refractivity contribution in [3.8, 4) is 0 Å². The summed E-state index contributed by atoms with van der Waals surface area (Å²) in [6.07, 6.45) is 1.00. The molecule has 2 rings (SSSR count). The third-order valence-corrected chi connectivity index (χ3v) is 4.67. The van der Waals surface area contributed by atoms with Crippen LogP contribution in [0.1, 0.15) is 30.6 Å². The van der Waals surface area contributed by atoms with E-state index in [1.807, 2.05) is 25.8 Å². The van der Waals surface area contributed by atoms with Gasteiger partial charge in [-0.3, -0.25) is 9.59 Å². The lowest BCUT2D eigenvalue weighted by molar-refractivity contribution is -0.133. The van der Waals surface area contributed by atoms with Crippen LogP contribution in [0.25, 0.3) is 0 Å². The highest BCUT2D eigenvalue weighted by atomic mass is 35.5. The second-order valence-corrected chi connectivity index (χ2v) is 7.14. The molecule has 0 radical (unpaired) electrons. The van der Waals surface area contributed by atoms with Gasteiger partial charge in [-0.25, -0.2) is 0 Å². The maximum atomic E-state index is 12.8. The summed E-state index contributed by atoms with van der Waals surface area (Å²) < 4.78 is 0. The molecule has 2 atom stereocenters. The molecule has 1 saturated heterocycles. The number of carbonyl (C=O) groups excluding carboxylic acids is 2. The molecular formula is C18H26ClN3O2. The van der Waals surface area contributed by atoms with Crippen LogP contribution >= 0.6 is 11.6 Å². The molecule has 1 aliphatic heterocycles. The van der Waals surface area contributed by atoms with E-state index in [1.165, 1.54) is 0 Å². The molecule has 0 bridgehead atoms. The molecule has 0 spiro atoms. The highest BCUT2D eigenvalue weighted by Gasteiger charge is 2.33. The number of carbonyl (C=O) groups is 2. The quantitative estimate of drug-likeness (QED) is 0.825. The van der Waals surface area contributed by atoms with Crippen LogP contribution in [0.15, 0.2) is 24.3 Å². The molecule has 0 saturated carbocycles. The van der Waals surface area contributed by atoms with Crippen molar-refractivity contribution < 1.29 is 9.59 Å². The number of hydrogen-bond donors (Lipinski definition) is 2. The first-order valence-corrected chi connectivity index (χ1v) is 8.80. The molecule has 1 fully saturated rings. The van der Waals surface area contributed by atoms with Crippen molar-refractivity contribution in [1.29, 1.82) is 0 Å². The van der Waals surface area contributed by atoms with Crippen molar-refractivity contribution in [3.63, 3.8) is 0 Å². The van der Waals surface area contributed by atoms with Crippen LogP contribution in [0, 0.1) is 11.8 Å². The molecule has 1 heterocycles. The van der Waals surface area contributed by atoms with Gasteiger partial charge in [0.15, 0.2) is 0 Å². The summed E-state index contributed by atoms with van der Waals surface area (Å²) in [4.78, 5) is 27.1. The second kappa shape index (κ2) is 8.49. The first kappa shape index (κ1) is 18.7. The third kappa shape index (κ3) is 4.71. The molecule has 24 heavy (non-hydrogen) atoms. The van der Waals surface area contributed by atoms with Gasteiger partial charge in [-0.1, -0.05) is 25.4 Å². The van der Waals surface area contributed by atoms with Crippen LogP contribution in [-0.4, -0.2) is 49.4 Å². The second-order valence-electron chi connectivity index (χ2n) is 6.70. The van der Waals surface area contributed by atoms with Crippen molar-refractivity contribution in [2.75, 3.05) is 26.7 Å². The molecule has 2 N–H and O–H groups in total. The SMILES string of the molecule is CNCC1CCN(C(=O)C(NC(=O)c2ccc(Cl)cc2)C(C)C)C1. The lowest BCUT2D eigenvalue weighted by Gasteiger charge is -2.27. The van der Waals surface area contributed by atoms with Gasteiger partial charge in [0.25, 0.3) is 5.91 Å². The Labute approximate surface area is 148 Å². The summed E-state index contributed by atoms with van der Waals surface area (Å²) in [5.41, 5.74) is 0.507. The molecule has 0 aliphatic carbocycles. The van der Waals surface area contributed by atoms with Crippen molar-refractivity contribution in [1.82, 2.24) is 15.5 Å². The number of hydrogen-bond acceptors (Lipinski definition) is 3. The predicted octanol–water partition coefficient (Wildman–Crippen LogP) is 2.16. The van der Waals surface area contributed by atoms with Gasteiger partial charge in [0.05, 0.1) is 0 Å². The molecule has 2 unspecified atom stereocenters. The van der Waals surface area contributed by atoms with Crippen LogP contribution in [-0.2, 0) is 4.79 Å². The topological polar surface area (TPSA) is 61.4 Å². The number of rotatable bonds is 6. The zero-order valence-corrected chi connectivity index (χ0v) is 15.3. The minimum Gasteiger partial charge on any atom is -0.341 e. The van der Waals surface area contributed by atoms with Crippen LogP contribution in [0.3, 0.4) is 0 Å². The van der Waals surface area contributed by atoms with E-state index in [4.69, 9.17) is 11.6 Å². The van der Waals surface area contributed by atoms with Crippen LogP contribution in [0.2, 0.25) is 5.02 Å². The van der Waals surface area contributed by atoms with E-state index in [9.17, 15) is 9.59 Å². The van der Waals surface area contributed by atoms with Gasteiger partial charge >= 0.3 is 0 Å². The number of nitrogens with one attached hydrogen (secondary N) is 2. The standard InChI is InChI=1S/C18H26ClN3O2/c1-12(2)16(18(24)22-9-8-13(11-22)10-20-3)21-17(23)14-4-6-15(19)7-5-14/h4-7,12-13,16,20H,8-11H2,1-3H3,(H,21,23). The van der Waals surface area contributed by atoms with Gasteiger partial charge in [0.1, 0.15) is 6.04 Å². The Bertz CT molecular complexity index is 574. The van der Waals surface area contributed by atoms with E-state index in [1.54, 1.807) is 24.3 Å². The molecule has 0 aromatic heterocycles. The van der Waals surface area contributed by atoms with Gasteiger partial charge in [-0.05, 0) is 56.1 Å². The highest BCUT2D eigenvalue weighted by molar-refractivity contribution is 6.30. The Balaban J connectivity index is 2.02. The average molecular weight is 352 g/mol. The normalized spacial score (nSPS) is 18.7. The number of likely N-dealkylation sites (tertiary alicyclic amines) is 1. The molecule has 1 aromatic rings. The average Bonchev–Trinajstić information content (AvgIpc) is 3.01. The van der Waals surface area contributed by atoms with E-state index < -0.39 is 6.04 Å². The highest BCUT2D eigenvalue weighted by Crippen LogP contribution is 2.18. The number of halogens is 1. The Morgan fingerprint density at radius 2 is 1.96 bits per heavy atom. The van der Waals surface area contributed by atoms with Gasteiger partial charge < -0.3 is 15.5 Å². The fourth-order valence-electron chi connectivity index (χ4n) is 3.02. The maximum absolute atomic E-state index is 12.8. The Hall–Kier alpha value is -1.59. The molecule has 6 heteroatoms. The van der Waals surface area contributed by atoms with E-state index in [2.05, 4.69) is 10.6 Å². The minimum absolute atomic E-state index is 0.00548. The monoisotopic (exact) mass is 351 g/mol.